The standard InChI is InChI=1S/C16H18O4S/c1-12(2)15-10-9-14(20-21(17,18)19-3)11-16(15)13-7-5-4-6-8-13/h4-11,16H,1-3H3. The molecule has 1 aliphatic carbocycles. The number of benzene rings is 1. The second-order valence-corrected chi connectivity index (χ2v) is 6.22. The van der Waals surface area contributed by atoms with Crippen molar-refractivity contribution in [2.75, 3.05) is 7.11 Å². The lowest BCUT2D eigenvalue weighted by Crippen LogP contribution is -2.11. The van der Waals surface area contributed by atoms with Crippen LogP contribution >= 0.6 is 0 Å². The quantitative estimate of drug-likeness (QED) is 0.854. The highest BCUT2D eigenvalue weighted by atomic mass is 32.3. The third-order valence-electron chi connectivity index (χ3n) is 3.23. The summed E-state index contributed by atoms with van der Waals surface area (Å²) < 4.78 is 32.0. The molecule has 0 radical (unpaired) electrons. The Labute approximate surface area is 125 Å². The monoisotopic (exact) mass is 306 g/mol. The van der Waals surface area contributed by atoms with Crippen molar-refractivity contribution in [3.05, 3.63) is 71.0 Å². The predicted molar refractivity (Wildman–Crippen MR) is 81.8 cm³/mol. The molecule has 0 amide bonds. The molecule has 112 valence electrons. The van der Waals surface area contributed by atoms with Crippen molar-refractivity contribution in [1.82, 2.24) is 0 Å². The van der Waals surface area contributed by atoms with Crippen LogP contribution in [0, 0.1) is 0 Å². The Balaban J connectivity index is 2.40. The highest BCUT2D eigenvalue weighted by Crippen LogP contribution is 2.34. The molecule has 5 heteroatoms. The van der Waals surface area contributed by atoms with Gasteiger partial charge in [0.25, 0.3) is 0 Å². The zero-order valence-electron chi connectivity index (χ0n) is 12.2. The maximum Gasteiger partial charge on any atom is 0.448 e. The summed E-state index contributed by atoms with van der Waals surface area (Å²) in [5.41, 5.74) is 3.38. The lowest BCUT2D eigenvalue weighted by molar-refractivity contribution is 0.296. The fourth-order valence-corrected chi connectivity index (χ4v) is 2.62. The summed E-state index contributed by atoms with van der Waals surface area (Å²) in [4.78, 5) is 0. The lowest BCUT2D eigenvalue weighted by atomic mass is 9.85. The molecule has 0 aromatic heterocycles. The maximum atomic E-state index is 11.4. The zero-order chi connectivity index (χ0) is 15.5. The molecular weight excluding hydrogens is 288 g/mol. The van der Waals surface area contributed by atoms with E-state index in [4.69, 9.17) is 4.18 Å². The number of rotatable bonds is 4. The molecule has 1 aromatic rings. The molecule has 0 heterocycles. The molecule has 0 aliphatic heterocycles. The smallest absolute Gasteiger partial charge is 0.362 e. The molecule has 0 saturated carbocycles. The fraction of sp³-hybridized carbons (Fsp3) is 0.250. The fourth-order valence-electron chi connectivity index (χ4n) is 2.21. The van der Waals surface area contributed by atoms with Gasteiger partial charge in [-0.1, -0.05) is 42.0 Å². The van der Waals surface area contributed by atoms with Gasteiger partial charge in [0.1, 0.15) is 5.76 Å². The summed E-state index contributed by atoms with van der Waals surface area (Å²) >= 11 is 0. The van der Waals surface area contributed by atoms with E-state index in [9.17, 15) is 8.42 Å². The molecule has 2 rings (SSSR count). The summed E-state index contributed by atoms with van der Waals surface area (Å²) in [6.45, 7) is 4.06. The summed E-state index contributed by atoms with van der Waals surface area (Å²) in [7, 11) is -2.93. The molecule has 1 atom stereocenters. The number of hydrogen-bond acceptors (Lipinski definition) is 4. The van der Waals surface area contributed by atoms with Crippen molar-refractivity contribution in [1.29, 1.82) is 0 Å². The Morgan fingerprint density at radius 3 is 2.33 bits per heavy atom. The molecular formula is C16H18O4S. The van der Waals surface area contributed by atoms with Crippen molar-refractivity contribution in [2.24, 2.45) is 0 Å². The van der Waals surface area contributed by atoms with Gasteiger partial charge in [0, 0.05) is 5.92 Å². The van der Waals surface area contributed by atoms with Crippen LogP contribution in [0.5, 0.6) is 0 Å². The third kappa shape index (κ3) is 3.83. The van der Waals surface area contributed by atoms with Gasteiger partial charge in [0.15, 0.2) is 0 Å². The molecule has 1 unspecified atom stereocenters. The molecule has 0 N–H and O–H groups in total. The van der Waals surface area contributed by atoms with E-state index in [2.05, 4.69) is 4.18 Å². The Morgan fingerprint density at radius 2 is 1.76 bits per heavy atom. The van der Waals surface area contributed by atoms with Crippen LogP contribution < -0.4 is 0 Å². The Bertz CT molecular complexity index is 693. The first kappa shape index (κ1) is 15.5. The first-order valence-electron chi connectivity index (χ1n) is 6.55. The Morgan fingerprint density at radius 1 is 1.10 bits per heavy atom. The van der Waals surface area contributed by atoms with Gasteiger partial charge in [-0.05, 0) is 37.1 Å². The van der Waals surface area contributed by atoms with Crippen molar-refractivity contribution in [3.8, 4) is 0 Å². The molecule has 21 heavy (non-hydrogen) atoms. The lowest BCUT2D eigenvalue weighted by Gasteiger charge is -2.21. The van der Waals surface area contributed by atoms with E-state index in [1.807, 2.05) is 50.3 Å². The summed E-state index contributed by atoms with van der Waals surface area (Å²) in [6.07, 6.45) is 5.31. The van der Waals surface area contributed by atoms with Crippen LogP contribution in [0.25, 0.3) is 0 Å². The van der Waals surface area contributed by atoms with Crippen LogP contribution in [0.1, 0.15) is 25.3 Å². The van der Waals surface area contributed by atoms with Crippen LogP contribution in [0.3, 0.4) is 0 Å². The van der Waals surface area contributed by atoms with Gasteiger partial charge in [0.2, 0.25) is 0 Å². The zero-order valence-corrected chi connectivity index (χ0v) is 13.1. The van der Waals surface area contributed by atoms with E-state index >= 15 is 0 Å². The van der Waals surface area contributed by atoms with E-state index in [0.29, 0.717) is 0 Å². The predicted octanol–water partition coefficient (Wildman–Crippen LogP) is 3.47. The van der Waals surface area contributed by atoms with Crippen molar-refractivity contribution in [3.63, 3.8) is 0 Å². The van der Waals surface area contributed by atoms with E-state index in [1.165, 1.54) is 5.57 Å². The maximum absolute atomic E-state index is 11.4. The van der Waals surface area contributed by atoms with E-state index in [1.54, 1.807) is 12.2 Å². The van der Waals surface area contributed by atoms with Gasteiger partial charge in [-0.2, -0.15) is 8.42 Å². The van der Waals surface area contributed by atoms with Crippen LogP contribution in [0.15, 0.2) is 65.5 Å². The average molecular weight is 306 g/mol. The molecule has 1 aromatic carbocycles. The van der Waals surface area contributed by atoms with E-state index in [0.717, 1.165) is 18.2 Å². The van der Waals surface area contributed by atoms with Gasteiger partial charge >= 0.3 is 10.4 Å². The van der Waals surface area contributed by atoms with Gasteiger partial charge < -0.3 is 4.18 Å². The number of hydrogen-bond donors (Lipinski definition) is 0. The van der Waals surface area contributed by atoms with Gasteiger partial charge in [-0.25, -0.2) is 4.18 Å². The highest BCUT2D eigenvalue weighted by molar-refractivity contribution is 7.82. The van der Waals surface area contributed by atoms with Crippen molar-refractivity contribution >= 4 is 10.4 Å². The van der Waals surface area contributed by atoms with Crippen LogP contribution in [0.4, 0.5) is 0 Å². The van der Waals surface area contributed by atoms with Crippen LogP contribution in [-0.2, 0) is 18.8 Å². The second kappa shape index (κ2) is 6.28. The van der Waals surface area contributed by atoms with Crippen LogP contribution in [-0.4, -0.2) is 15.5 Å². The first-order chi connectivity index (χ1) is 9.93. The van der Waals surface area contributed by atoms with Gasteiger partial charge in [0.05, 0.1) is 7.11 Å². The van der Waals surface area contributed by atoms with Crippen molar-refractivity contribution < 1.29 is 16.8 Å². The molecule has 0 saturated heterocycles. The largest absolute Gasteiger partial charge is 0.448 e. The molecule has 0 bridgehead atoms. The molecule has 0 spiro atoms. The van der Waals surface area contributed by atoms with Gasteiger partial charge in [-0.3, -0.25) is 0 Å². The summed E-state index contributed by atoms with van der Waals surface area (Å²) in [5.74, 6) is 0.221. The SMILES string of the molecule is COS(=O)(=O)OC1=CC(c2ccccc2)C(=C(C)C)C=C1. The second-order valence-electron chi connectivity index (χ2n) is 4.90. The highest BCUT2D eigenvalue weighted by Gasteiger charge is 2.21. The number of allylic oxidation sites excluding steroid dienone is 5. The summed E-state index contributed by atoms with van der Waals surface area (Å²) in [5, 5.41) is 0. The average Bonchev–Trinajstić information content (AvgIpc) is 2.47. The van der Waals surface area contributed by atoms with E-state index < -0.39 is 10.4 Å². The molecule has 1 aliphatic rings. The summed E-state index contributed by atoms with van der Waals surface area (Å²) in [6, 6.07) is 9.87. The molecule has 0 fully saturated rings. The molecule has 4 nitrogen and oxygen atoms in total. The third-order valence-corrected chi connectivity index (χ3v) is 4.04. The Hall–Kier alpha value is -1.85. The minimum Gasteiger partial charge on any atom is -0.362 e. The van der Waals surface area contributed by atoms with E-state index in [-0.39, 0.29) is 11.7 Å². The Kier molecular flexibility index (Phi) is 4.65. The topological polar surface area (TPSA) is 52.6 Å². The normalized spacial score (nSPS) is 18.3. The van der Waals surface area contributed by atoms with Gasteiger partial charge in [-0.15, -0.1) is 0 Å². The minimum absolute atomic E-state index is 0.0387. The van der Waals surface area contributed by atoms with Crippen LogP contribution in [0.2, 0.25) is 0 Å². The first-order valence-corrected chi connectivity index (χ1v) is 7.88. The minimum atomic E-state index is -4.00. The van der Waals surface area contributed by atoms with Crippen molar-refractivity contribution in [2.45, 2.75) is 19.8 Å².